The number of hydrogen-bond donors (Lipinski definition) is 1. The van der Waals surface area contributed by atoms with Gasteiger partial charge in [0.2, 0.25) is 0 Å². The zero-order chi connectivity index (χ0) is 11.5. The van der Waals surface area contributed by atoms with Crippen molar-refractivity contribution in [1.29, 1.82) is 0 Å². The highest BCUT2D eigenvalue weighted by Crippen LogP contribution is 2.23. The van der Waals surface area contributed by atoms with Gasteiger partial charge in [-0.1, -0.05) is 50.6 Å². The van der Waals surface area contributed by atoms with Gasteiger partial charge in [-0.2, -0.15) is 0 Å². The van der Waals surface area contributed by atoms with Crippen molar-refractivity contribution in [2.45, 2.75) is 46.1 Å². The smallest absolute Gasteiger partial charge is 0.0215 e. The molecule has 1 nitrogen and oxygen atoms in total. The van der Waals surface area contributed by atoms with Gasteiger partial charge < -0.3 is 5.73 Å². The van der Waals surface area contributed by atoms with Crippen LogP contribution in [-0.4, -0.2) is 5.54 Å². The minimum atomic E-state index is -0.0617. The maximum absolute atomic E-state index is 6.42. The van der Waals surface area contributed by atoms with Crippen molar-refractivity contribution < 1.29 is 0 Å². The van der Waals surface area contributed by atoms with Gasteiger partial charge in [-0.3, -0.25) is 0 Å². The fraction of sp³-hybridized carbons (Fsp3) is 0.571. The van der Waals surface area contributed by atoms with Crippen molar-refractivity contribution in [2.75, 3.05) is 0 Å². The summed E-state index contributed by atoms with van der Waals surface area (Å²) >= 11 is 0. The standard InChI is InChI=1S/C14H23N/c1-5-14(15,11(2)3)10-13-8-6-7-12(4)9-13/h6-9,11H,5,10,15H2,1-4H3. The molecule has 0 aliphatic carbocycles. The van der Waals surface area contributed by atoms with Crippen LogP contribution < -0.4 is 5.73 Å². The van der Waals surface area contributed by atoms with Gasteiger partial charge >= 0.3 is 0 Å². The van der Waals surface area contributed by atoms with Crippen LogP contribution in [0.3, 0.4) is 0 Å². The fourth-order valence-electron chi connectivity index (χ4n) is 1.94. The highest BCUT2D eigenvalue weighted by Gasteiger charge is 2.26. The summed E-state index contributed by atoms with van der Waals surface area (Å²) in [4.78, 5) is 0. The molecular weight excluding hydrogens is 182 g/mol. The molecule has 1 unspecified atom stereocenters. The minimum absolute atomic E-state index is 0.0617. The highest BCUT2D eigenvalue weighted by atomic mass is 14.7. The van der Waals surface area contributed by atoms with Gasteiger partial charge in [0.1, 0.15) is 0 Å². The number of hydrogen-bond acceptors (Lipinski definition) is 1. The molecule has 1 aromatic rings. The van der Waals surface area contributed by atoms with Gasteiger partial charge in [-0.15, -0.1) is 0 Å². The van der Waals surface area contributed by atoms with Crippen LogP contribution >= 0.6 is 0 Å². The zero-order valence-corrected chi connectivity index (χ0v) is 10.4. The molecule has 0 radical (unpaired) electrons. The Bertz CT molecular complexity index is 317. The van der Waals surface area contributed by atoms with Gasteiger partial charge in [0.15, 0.2) is 0 Å². The molecule has 0 bridgehead atoms. The Balaban J connectivity index is 2.84. The Morgan fingerprint density at radius 2 is 2.00 bits per heavy atom. The third-order valence-corrected chi connectivity index (χ3v) is 3.42. The quantitative estimate of drug-likeness (QED) is 0.802. The van der Waals surface area contributed by atoms with Gasteiger partial charge in [0, 0.05) is 5.54 Å². The summed E-state index contributed by atoms with van der Waals surface area (Å²) in [6.45, 7) is 8.72. The second-order valence-electron chi connectivity index (χ2n) is 4.91. The van der Waals surface area contributed by atoms with Crippen LogP contribution in [0.25, 0.3) is 0 Å². The normalized spacial score (nSPS) is 15.3. The number of benzene rings is 1. The van der Waals surface area contributed by atoms with E-state index in [0.717, 1.165) is 12.8 Å². The third-order valence-electron chi connectivity index (χ3n) is 3.42. The lowest BCUT2D eigenvalue weighted by atomic mass is 9.79. The van der Waals surface area contributed by atoms with E-state index in [0.29, 0.717) is 5.92 Å². The van der Waals surface area contributed by atoms with Crippen LogP contribution in [0.2, 0.25) is 0 Å². The van der Waals surface area contributed by atoms with Gasteiger partial charge in [-0.25, -0.2) is 0 Å². The predicted molar refractivity (Wildman–Crippen MR) is 66.9 cm³/mol. The monoisotopic (exact) mass is 205 g/mol. The molecule has 0 aliphatic rings. The van der Waals surface area contributed by atoms with E-state index in [2.05, 4.69) is 52.0 Å². The Labute approximate surface area is 93.7 Å². The van der Waals surface area contributed by atoms with E-state index >= 15 is 0 Å². The predicted octanol–water partition coefficient (Wildman–Crippen LogP) is 3.30. The highest BCUT2D eigenvalue weighted by molar-refractivity contribution is 5.24. The number of aryl methyl sites for hydroxylation is 1. The molecule has 0 amide bonds. The van der Waals surface area contributed by atoms with Crippen molar-refractivity contribution in [2.24, 2.45) is 11.7 Å². The summed E-state index contributed by atoms with van der Waals surface area (Å²) in [5.74, 6) is 0.517. The molecule has 1 heteroatoms. The Kier molecular flexibility index (Phi) is 3.92. The van der Waals surface area contributed by atoms with Crippen LogP contribution in [0, 0.1) is 12.8 Å². The molecule has 0 saturated heterocycles. The van der Waals surface area contributed by atoms with Crippen LogP contribution in [0.15, 0.2) is 24.3 Å². The van der Waals surface area contributed by atoms with Crippen molar-refractivity contribution in [3.8, 4) is 0 Å². The summed E-state index contributed by atoms with van der Waals surface area (Å²) in [6, 6.07) is 8.65. The van der Waals surface area contributed by atoms with E-state index in [1.807, 2.05) is 0 Å². The summed E-state index contributed by atoms with van der Waals surface area (Å²) in [7, 11) is 0. The molecule has 0 fully saturated rings. The second kappa shape index (κ2) is 4.80. The molecule has 15 heavy (non-hydrogen) atoms. The molecule has 0 aromatic heterocycles. The van der Waals surface area contributed by atoms with Crippen molar-refractivity contribution >= 4 is 0 Å². The van der Waals surface area contributed by atoms with E-state index < -0.39 is 0 Å². The molecule has 84 valence electrons. The summed E-state index contributed by atoms with van der Waals surface area (Å²) < 4.78 is 0. The van der Waals surface area contributed by atoms with Gasteiger partial charge in [0.05, 0.1) is 0 Å². The SMILES string of the molecule is CCC(N)(Cc1cccc(C)c1)C(C)C. The minimum Gasteiger partial charge on any atom is -0.325 e. The molecule has 0 heterocycles. The summed E-state index contributed by atoms with van der Waals surface area (Å²) in [5, 5.41) is 0. The van der Waals surface area contributed by atoms with E-state index in [1.165, 1.54) is 11.1 Å². The molecule has 0 spiro atoms. The fourth-order valence-corrected chi connectivity index (χ4v) is 1.94. The second-order valence-corrected chi connectivity index (χ2v) is 4.91. The largest absolute Gasteiger partial charge is 0.325 e. The topological polar surface area (TPSA) is 26.0 Å². The van der Waals surface area contributed by atoms with Crippen molar-refractivity contribution in [1.82, 2.24) is 0 Å². The first-order chi connectivity index (χ1) is 6.98. The third kappa shape index (κ3) is 3.07. The van der Waals surface area contributed by atoms with Crippen LogP contribution in [0.5, 0.6) is 0 Å². The average Bonchev–Trinajstić information content (AvgIpc) is 2.17. The first-order valence-electron chi connectivity index (χ1n) is 5.82. The zero-order valence-electron chi connectivity index (χ0n) is 10.4. The number of nitrogens with two attached hydrogens (primary N) is 1. The lowest BCUT2D eigenvalue weighted by Gasteiger charge is -2.32. The lowest BCUT2D eigenvalue weighted by molar-refractivity contribution is 0.296. The molecule has 2 N–H and O–H groups in total. The summed E-state index contributed by atoms with van der Waals surface area (Å²) in [5.41, 5.74) is 9.03. The maximum Gasteiger partial charge on any atom is 0.0215 e. The Morgan fingerprint density at radius 3 is 2.47 bits per heavy atom. The van der Waals surface area contributed by atoms with E-state index in [-0.39, 0.29) is 5.54 Å². The molecule has 1 rings (SSSR count). The van der Waals surface area contributed by atoms with Crippen molar-refractivity contribution in [3.63, 3.8) is 0 Å². The van der Waals surface area contributed by atoms with E-state index in [9.17, 15) is 0 Å². The molecule has 1 atom stereocenters. The van der Waals surface area contributed by atoms with Gasteiger partial charge in [0.25, 0.3) is 0 Å². The first kappa shape index (κ1) is 12.3. The molecular formula is C14H23N. The molecule has 0 saturated carbocycles. The van der Waals surface area contributed by atoms with E-state index in [4.69, 9.17) is 5.73 Å². The van der Waals surface area contributed by atoms with Crippen LogP contribution in [0.1, 0.15) is 38.3 Å². The molecule has 1 aromatic carbocycles. The van der Waals surface area contributed by atoms with Crippen molar-refractivity contribution in [3.05, 3.63) is 35.4 Å². The average molecular weight is 205 g/mol. The maximum atomic E-state index is 6.42. The summed E-state index contributed by atoms with van der Waals surface area (Å²) in [6.07, 6.45) is 2.00. The van der Waals surface area contributed by atoms with Crippen LogP contribution in [-0.2, 0) is 6.42 Å². The first-order valence-corrected chi connectivity index (χ1v) is 5.82. The lowest BCUT2D eigenvalue weighted by Crippen LogP contribution is -2.46. The van der Waals surface area contributed by atoms with E-state index in [1.54, 1.807) is 0 Å². The number of rotatable bonds is 4. The Morgan fingerprint density at radius 1 is 1.33 bits per heavy atom. The Hall–Kier alpha value is -0.820. The molecule has 0 aliphatic heterocycles. The van der Waals surface area contributed by atoms with Crippen LogP contribution in [0.4, 0.5) is 0 Å². The van der Waals surface area contributed by atoms with Gasteiger partial charge in [-0.05, 0) is 31.2 Å².